The van der Waals surface area contributed by atoms with Crippen molar-refractivity contribution < 1.29 is 23.9 Å². The summed E-state index contributed by atoms with van der Waals surface area (Å²) in [6, 6.07) is 14.3. The fourth-order valence-corrected chi connectivity index (χ4v) is 5.60. The van der Waals surface area contributed by atoms with Crippen LogP contribution in [0.4, 0.5) is 0 Å². The van der Waals surface area contributed by atoms with Crippen LogP contribution in [-0.2, 0) is 20.7 Å². The number of fused-ring (bicyclic) bond motifs is 2. The van der Waals surface area contributed by atoms with E-state index in [0.717, 1.165) is 16.0 Å². The van der Waals surface area contributed by atoms with E-state index >= 15 is 0 Å². The highest BCUT2D eigenvalue weighted by Gasteiger charge is 2.61. The Morgan fingerprint density at radius 2 is 1.58 bits per heavy atom. The van der Waals surface area contributed by atoms with Crippen molar-refractivity contribution in [3.8, 4) is 0 Å². The van der Waals surface area contributed by atoms with Crippen molar-refractivity contribution in [1.29, 1.82) is 0 Å². The summed E-state index contributed by atoms with van der Waals surface area (Å²) < 4.78 is 4.98. The van der Waals surface area contributed by atoms with Gasteiger partial charge in [0.05, 0.1) is 18.2 Å². The number of ether oxygens (including phenoxy) is 1. The monoisotopic (exact) mass is 434 g/mol. The Morgan fingerprint density at radius 1 is 0.968 bits per heavy atom. The van der Waals surface area contributed by atoms with E-state index in [1.165, 1.54) is 23.8 Å². The van der Waals surface area contributed by atoms with Gasteiger partial charge < -0.3 is 9.64 Å². The molecule has 5 rings (SSSR count). The summed E-state index contributed by atoms with van der Waals surface area (Å²) in [5, 5.41) is 1.33. The summed E-state index contributed by atoms with van der Waals surface area (Å²) in [6.45, 7) is 0. The smallest absolute Gasteiger partial charge is 0.333 e. The van der Waals surface area contributed by atoms with Crippen LogP contribution in [0.5, 0.6) is 0 Å². The van der Waals surface area contributed by atoms with Gasteiger partial charge in [0, 0.05) is 0 Å². The highest BCUT2D eigenvalue weighted by molar-refractivity contribution is 8.03. The first-order valence-corrected chi connectivity index (χ1v) is 10.7. The number of nitrogens with zero attached hydrogens (tertiary/aromatic N) is 2. The van der Waals surface area contributed by atoms with E-state index in [-0.39, 0.29) is 0 Å². The molecular weight excluding hydrogens is 416 g/mol. The summed E-state index contributed by atoms with van der Waals surface area (Å²) >= 11 is 1.34. The first-order valence-electron chi connectivity index (χ1n) is 9.78. The molecule has 8 heteroatoms. The number of hydrogen-bond donors (Lipinski definition) is 0. The van der Waals surface area contributed by atoms with E-state index in [1.807, 2.05) is 35.7 Å². The van der Waals surface area contributed by atoms with E-state index < -0.39 is 41.1 Å². The zero-order valence-electron chi connectivity index (χ0n) is 16.6. The van der Waals surface area contributed by atoms with Gasteiger partial charge in [-0.1, -0.05) is 42.5 Å². The highest BCUT2D eigenvalue weighted by atomic mass is 32.2. The minimum atomic E-state index is -0.945. The van der Waals surface area contributed by atoms with Gasteiger partial charge in [-0.15, -0.1) is 11.8 Å². The zero-order chi connectivity index (χ0) is 21.7. The quantitative estimate of drug-likeness (QED) is 0.417. The van der Waals surface area contributed by atoms with Crippen molar-refractivity contribution in [2.75, 3.05) is 7.11 Å². The first-order chi connectivity index (χ1) is 15.0. The largest absolute Gasteiger partial charge is 0.467 e. The topological polar surface area (TPSA) is 84.0 Å². The molecule has 0 aliphatic carbocycles. The third kappa shape index (κ3) is 2.90. The van der Waals surface area contributed by atoms with Gasteiger partial charge in [0.1, 0.15) is 11.4 Å². The molecular formula is C23H18N2O5S. The molecule has 3 aliphatic rings. The van der Waals surface area contributed by atoms with Crippen LogP contribution >= 0.6 is 11.8 Å². The van der Waals surface area contributed by atoms with E-state index in [9.17, 15) is 19.2 Å². The number of benzene rings is 2. The van der Waals surface area contributed by atoms with Crippen LogP contribution in [0.25, 0.3) is 0 Å². The van der Waals surface area contributed by atoms with Crippen molar-refractivity contribution in [1.82, 2.24) is 9.80 Å². The second kappa shape index (κ2) is 7.39. The fraction of sp³-hybridized carbons (Fsp3) is 0.217. The number of esters is 1. The van der Waals surface area contributed by atoms with Gasteiger partial charge in [0.15, 0.2) is 6.04 Å². The molecule has 1 saturated heterocycles. The maximum absolute atomic E-state index is 13.2. The third-order valence-electron chi connectivity index (χ3n) is 5.82. The fourth-order valence-electron chi connectivity index (χ4n) is 4.33. The van der Waals surface area contributed by atoms with Crippen LogP contribution in [0.15, 0.2) is 65.6 Å². The Bertz CT molecular complexity index is 1110. The van der Waals surface area contributed by atoms with Gasteiger partial charge in [-0.2, -0.15) is 0 Å². The Kier molecular flexibility index (Phi) is 4.66. The van der Waals surface area contributed by atoms with Crippen LogP contribution in [0.1, 0.15) is 26.3 Å². The second-order valence-electron chi connectivity index (χ2n) is 7.52. The van der Waals surface area contributed by atoms with Crippen molar-refractivity contribution in [2.45, 2.75) is 23.9 Å². The Labute approximate surface area is 182 Å². The number of β-lactam (4-membered cyclic amide) rings is 1. The maximum Gasteiger partial charge on any atom is 0.333 e. The summed E-state index contributed by atoms with van der Waals surface area (Å²) in [6.07, 6.45) is 0.488. The molecule has 0 spiro atoms. The van der Waals surface area contributed by atoms with Crippen molar-refractivity contribution in [3.05, 3.63) is 82.3 Å². The lowest BCUT2D eigenvalue weighted by atomic mass is 9.93. The Balaban J connectivity index is 1.46. The number of methoxy groups -OCH3 is 1. The standard InChI is InChI=1S/C23H18N2O5S/c1-30-23(29)17-14(11-13-7-3-2-4-8-13)12-31-22-18(21(28)25(17)22)24-19(26)15-9-5-6-10-16(15)20(24)27/h2-10,12,17-18,22H,11H2,1H3/t17-,18-,22-/m1/s1. The molecule has 3 amide bonds. The molecule has 0 bridgehead atoms. The van der Waals surface area contributed by atoms with Gasteiger partial charge >= 0.3 is 5.97 Å². The van der Waals surface area contributed by atoms with E-state index in [2.05, 4.69) is 0 Å². The second-order valence-corrected chi connectivity index (χ2v) is 8.51. The summed E-state index contributed by atoms with van der Waals surface area (Å²) in [5.74, 6) is -1.93. The maximum atomic E-state index is 13.2. The molecule has 7 nitrogen and oxygen atoms in total. The van der Waals surface area contributed by atoms with Gasteiger partial charge in [-0.05, 0) is 35.1 Å². The number of amides is 3. The van der Waals surface area contributed by atoms with Crippen LogP contribution in [-0.4, -0.2) is 58.1 Å². The van der Waals surface area contributed by atoms with Crippen LogP contribution < -0.4 is 0 Å². The predicted octanol–water partition coefficient (Wildman–Crippen LogP) is 2.23. The Hall–Kier alpha value is -3.39. The molecule has 31 heavy (non-hydrogen) atoms. The number of thioether (sulfide) groups is 1. The van der Waals surface area contributed by atoms with Crippen LogP contribution in [0, 0.1) is 0 Å². The summed E-state index contributed by atoms with van der Waals surface area (Å²) in [7, 11) is 1.28. The number of carbonyl (C=O) groups is 4. The summed E-state index contributed by atoms with van der Waals surface area (Å²) in [4.78, 5) is 54.0. The molecule has 156 valence electrons. The van der Waals surface area contributed by atoms with E-state index in [4.69, 9.17) is 4.74 Å². The van der Waals surface area contributed by atoms with E-state index in [1.54, 1.807) is 24.3 Å². The molecule has 1 fully saturated rings. The molecule has 0 saturated carbocycles. The molecule has 2 aromatic rings. The minimum Gasteiger partial charge on any atom is -0.467 e. The number of hydrogen-bond acceptors (Lipinski definition) is 6. The molecule has 3 aliphatic heterocycles. The van der Waals surface area contributed by atoms with Crippen LogP contribution in [0.3, 0.4) is 0 Å². The van der Waals surface area contributed by atoms with Gasteiger partial charge in [0.25, 0.3) is 17.7 Å². The normalized spacial score (nSPS) is 24.4. The molecule has 2 aromatic carbocycles. The molecule has 3 heterocycles. The summed E-state index contributed by atoms with van der Waals surface area (Å²) in [5.41, 5.74) is 2.34. The van der Waals surface area contributed by atoms with Crippen molar-refractivity contribution in [2.24, 2.45) is 0 Å². The highest BCUT2D eigenvalue weighted by Crippen LogP contribution is 2.44. The van der Waals surface area contributed by atoms with Gasteiger partial charge in [-0.25, -0.2) is 4.79 Å². The lowest BCUT2D eigenvalue weighted by Crippen LogP contribution is -2.74. The first kappa shape index (κ1) is 19.6. The number of imide groups is 1. The lowest BCUT2D eigenvalue weighted by molar-refractivity contribution is -0.163. The van der Waals surface area contributed by atoms with Gasteiger partial charge in [0.2, 0.25) is 0 Å². The van der Waals surface area contributed by atoms with Gasteiger partial charge in [-0.3, -0.25) is 19.3 Å². The zero-order valence-corrected chi connectivity index (χ0v) is 17.4. The minimum absolute atomic E-state index is 0.296. The molecule has 0 unspecified atom stereocenters. The molecule has 0 aromatic heterocycles. The SMILES string of the molecule is COC(=O)[C@H]1C(Cc2ccccc2)=CS[C@@H]2[C@H](N3C(=O)c4ccccc4C3=O)C(=O)N12. The third-order valence-corrected chi connectivity index (χ3v) is 7.02. The molecule has 0 N–H and O–H groups in total. The number of carbonyl (C=O) groups excluding carboxylic acids is 4. The Morgan fingerprint density at radius 3 is 2.19 bits per heavy atom. The predicted molar refractivity (Wildman–Crippen MR) is 113 cm³/mol. The van der Waals surface area contributed by atoms with Crippen molar-refractivity contribution >= 4 is 35.5 Å². The lowest BCUT2D eigenvalue weighted by Gasteiger charge is -2.53. The average Bonchev–Trinajstić information content (AvgIpc) is 3.04. The average molecular weight is 434 g/mol. The molecule has 0 radical (unpaired) electrons. The van der Waals surface area contributed by atoms with E-state index in [0.29, 0.717) is 17.5 Å². The van der Waals surface area contributed by atoms with Crippen molar-refractivity contribution in [3.63, 3.8) is 0 Å². The molecule has 3 atom stereocenters. The van der Waals surface area contributed by atoms with Crippen LogP contribution in [0.2, 0.25) is 0 Å². The number of rotatable bonds is 4.